The molecule has 0 radical (unpaired) electrons. The zero-order chi connectivity index (χ0) is 19.8. The van der Waals surface area contributed by atoms with Crippen LogP contribution in [0, 0.1) is 0 Å². The summed E-state index contributed by atoms with van der Waals surface area (Å²) >= 11 is 6.39. The molecule has 0 saturated carbocycles. The average molecular weight is 427 g/mol. The number of aryl methyl sites for hydroxylation is 2. The molecule has 3 heteroatoms. The van der Waals surface area contributed by atoms with Crippen LogP contribution in [0.3, 0.4) is 0 Å². The van der Waals surface area contributed by atoms with Gasteiger partial charge in [-0.15, -0.1) is 0 Å². The minimum Gasteiger partial charge on any atom is -0.0810 e. The fraction of sp³-hybridized carbons (Fsp3) is 0.480. The van der Waals surface area contributed by atoms with Crippen LogP contribution in [0.5, 0.6) is 0 Å². The standard InChI is InChI=1S/C25H32P2S/c1-26(2)21-15-13-17-9-5-7-11-19(17)23(21)25(28)24-20-12-8-6-10-18(20)14-16-22(24)27(3)4/h13-16H,5-12H2,1-4H3. The van der Waals surface area contributed by atoms with Gasteiger partial charge in [0.05, 0.1) is 4.86 Å². The number of benzene rings is 2. The molecule has 2 aromatic carbocycles. The first-order valence-corrected chi connectivity index (χ1v) is 15.6. The lowest BCUT2D eigenvalue weighted by Gasteiger charge is -2.28. The highest BCUT2D eigenvalue weighted by atomic mass is 32.1. The minimum atomic E-state index is -0.173. The number of hydrogen-bond donors (Lipinski definition) is 0. The van der Waals surface area contributed by atoms with Crippen molar-refractivity contribution in [2.45, 2.75) is 51.4 Å². The maximum absolute atomic E-state index is 6.39. The lowest BCUT2D eigenvalue weighted by atomic mass is 9.82. The highest BCUT2D eigenvalue weighted by Gasteiger charge is 2.26. The monoisotopic (exact) mass is 426 g/mol. The Morgan fingerprint density at radius 2 is 1.04 bits per heavy atom. The third-order valence-corrected chi connectivity index (χ3v) is 9.52. The first-order chi connectivity index (χ1) is 13.5. The summed E-state index contributed by atoms with van der Waals surface area (Å²) in [6.07, 6.45) is 10.1. The molecule has 0 N–H and O–H groups in total. The topological polar surface area (TPSA) is 0 Å². The van der Waals surface area contributed by atoms with E-state index in [1.165, 1.54) is 78.0 Å². The summed E-state index contributed by atoms with van der Waals surface area (Å²) in [5.74, 6) is 0. The summed E-state index contributed by atoms with van der Waals surface area (Å²) < 4.78 is 0. The summed E-state index contributed by atoms with van der Waals surface area (Å²) in [4.78, 5) is 1.18. The van der Waals surface area contributed by atoms with Crippen molar-refractivity contribution < 1.29 is 0 Å². The van der Waals surface area contributed by atoms with Crippen molar-refractivity contribution in [2.75, 3.05) is 26.7 Å². The molecule has 2 aliphatic rings. The van der Waals surface area contributed by atoms with Gasteiger partial charge in [-0.3, -0.25) is 0 Å². The molecular weight excluding hydrogens is 394 g/mol. The van der Waals surface area contributed by atoms with Gasteiger partial charge in [0, 0.05) is 11.1 Å². The Bertz CT molecular complexity index is 838. The molecule has 0 unspecified atom stereocenters. The first-order valence-electron chi connectivity index (χ1n) is 10.7. The number of thiocarbonyl (C=S) groups is 1. The van der Waals surface area contributed by atoms with Crippen LogP contribution in [-0.4, -0.2) is 31.5 Å². The van der Waals surface area contributed by atoms with Crippen molar-refractivity contribution in [3.63, 3.8) is 0 Å². The summed E-state index contributed by atoms with van der Waals surface area (Å²) in [6, 6.07) is 9.64. The second kappa shape index (κ2) is 8.63. The Hall–Kier alpha value is -0.610. The summed E-state index contributed by atoms with van der Waals surface area (Å²) in [6.45, 7) is 9.56. The highest BCUT2D eigenvalue weighted by molar-refractivity contribution is 7.81. The Morgan fingerprint density at radius 3 is 1.43 bits per heavy atom. The first kappa shape index (κ1) is 20.7. The number of fused-ring (bicyclic) bond motifs is 2. The SMILES string of the molecule is CP(C)c1ccc2c(c1C(=S)c1c(P(C)C)ccc3c1CCCC3)CCCC2. The summed E-state index contributed by atoms with van der Waals surface area (Å²) in [5, 5.41) is 3.05. The molecule has 0 bridgehead atoms. The van der Waals surface area contributed by atoms with Crippen molar-refractivity contribution in [2.24, 2.45) is 0 Å². The molecule has 4 rings (SSSR count). The largest absolute Gasteiger partial charge is 0.0810 e. The van der Waals surface area contributed by atoms with E-state index in [9.17, 15) is 0 Å². The van der Waals surface area contributed by atoms with Crippen LogP contribution in [0.15, 0.2) is 24.3 Å². The van der Waals surface area contributed by atoms with Crippen molar-refractivity contribution in [1.82, 2.24) is 0 Å². The zero-order valence-electron chi connectivity index (χ0n) is 17.8. The van der Waals surface area contributed by atoms with Gasteiger partial charge in [0.15, 0.2) is 0 Å². The Morgan fingerprint density at radius 1 is 0.643 bits per heavy atom. The summed E-state index contributed by atoms with van der Waals surface area (Å²) in [5.41, 5.74) is 9.21. The van der Waals surface area contributed by atoms with E-state index in [2.05, 4.69) is 50.9 Å². The molecule has 148 valence electrons. The van der Waals surface area contributed by atoms with E-state index in [0.717, 1.165) is 0 Å². The molecule has 0 amide bonds. The molecule has 2 aromatic rings. The van der Waals surface area contributed by atoms with Crippen molar-refractivity contribution in [3.8, 4) is 0 Å². The van der Waals surface area contributed by atoms with Gasteiger partial charge < -0.3 is 0 Å². The van der Waals surface area contributed by atoms with Gasteiger partial charge in [-0.1, -0.05) is 52.3 Å². The zero-order valence-corrected chi connectivity index (χ0v) is 20.4. The quantitative estimate of drug-likeness (QED) is 0.331. The molecule has 0 aromatic heterocycles. The molecule has 0 fully saturated rings. The second-order valence-corrected chi connectivity index (χ2v) is 13.7. The molecule has 2 aliphatic carbocycles. The molecule has 0 aliphatic heterocycles. The third-order valence-electron chi connectivity index (χ3n) is 6.44. The van der Waals surface area contributed by atoms with E-state index in [-0.39, 0.29) is 15.8 Å². The van der Waals surface area contributed by atoms with E-state index in [1.807, 2.05) is 0 Å². The Labute approximate surface area is 179 Å². The van der Waals surface area contributed by atoms with Gasteiger partial charge in [0.25, 0.3) is 0 Å². The molecule has 0 heterocycles. The van der Waals surface area contributed by atoms with Crippen molar-refractivity contribution in [1.29, 1.82) is 0 Å². The van der Waals surface area contributed by atoms with Crippen LogP contribution >= 0.6 is 28.1 Å². The van der Waals surface area contributed by atoms with Crippen LogP contribution in [0.1, 0.15) is 59.1 Å². The van der Waals surface area contributed by atoms with Gasteiger partial charge in [-0.25, -0.2) is 0 Å². The van der Waals surface area contributed by atoms with Crippen LogP contribution in [0.25, 0.3) is 0 Å². The lowest BCUT2D eigenvalue weighted by molar-refractivity contribution is 0.684. The van der Waals surface area contributed by atoms with E-state index >= 15 is 0 Å². The van der Waals surface area contributed by atoms with E-state index < -0.39 is 0 Å². The maximum atomic E-state index is 6.39. The van der Waals surface area contributed by atoms with Gasteiger partial charge in [-0.2, -0.15) is 0 Å². The number of hydrogen-bond acceptors (Lipinski definition) is 1. The fourth-order valence-electron chi connectivity index (χ4n) is 5.01. The highest BCUT2D eigenvalue weighted by Crippen LogP contribution is 2.37. The third kappa shape index (κ3) is 3.76. The second-order valence-electron chi connectivity index (χ2n) is 8.73. The smallest absolute Gasteiger partial charge is 0.0540 e. The molecule has 28 heavy (non-hydrogen) atoms. The van der Waals surface area contributed by atoms with Crippen molar-refractivity contribution in [3.05, 3.63) is 57.6 Å². The van der Waals surface area contributed by atoms with Crippen LogP contribution in [0.2, 0.25) is 0 Å². The van der Waals surface area contributed by atoms with E-state index in [1.54, 1.807) is 22.3 Å². The lowest BCUT2D eigenvalue weighted by Crippen LogP contribution is -2.26. The van der Waals surface area contributed by atoms with Crippen LogP contribution < -0.4 is 10.6 Å². The average Bonchev–Trinajstić information content (AvgIpc) is 2.71. The predicted molar refractivity (Wildman–Crippen MR) is 134 cm³/mol. The maximum Gasteiger partial charge on any atom is 0.0540 e. The molecular formula is C25H32P2S. The Balaban J connectivity index is 1.96. The molecule has 0 spiro atoms. The molecule has 0 nitrogen and oxygen atoms in total. The van der Waals surface area contributed by atoms with Gasteiger partial charge in [-0.05, 0) is 111 Å². The predicted octanol–water partition coefficient (Wildman–Crippen LogP) is 5.94. The van der Waals surface area contributed by atoms with Crippen molar-refractivity contribution >= 4 is 43.5 Å². The number of rotatable bonds is 4. The minimum absolute atomic E-state index is 0.173. The van der Waals surface area contributed by atoms with E-state index in [0.29, 0.717) is 0 Å². The van der Waals surface area contributed by atoms with Crippen LogP contribution in [0.4, 0.5) is 0 Å². The van der Waals surface area contributed by atoms with Gasteiger partial charge in [0.1, 0.15) is 0 Å². The summed E-state index contributed by atoms with van der Waals surface area (Å²) in [7, 11) is -0.346. The molecule has 0 atom stereocenters. The van der Waals surface area contributed by atoms with Gasteiger partial charge >= 0.3 is 0 Å². The van der Waals surface area contributed by atoms with E-state index in [4.69, 9.17) is 12.2 Å². The molecule has 0 saturated heterocycles. The van der Waals surface area contributed by atoms with Crippen LogP contribution in [-0.2, 0) is 25.7 Å². The van der Waals surface area contributed by atoms with Gasteiger partial charge in [0.2, 0.25) is 0 Å². The fourth-order valence-corrected chi connectivity index (χ4v) is 7.76. The normalized spacial score (nSPS) is 16.2. The Kier molecular flexibility index (Phi) is 6.37.